The first-order valence-corrected chi connectivity index (χ1v) is 7.27. The van der Waals surface area contributed by atoms with Crippen molar-refractivity contribution in [3.05, 3.63) is 59.2 Å². The number of amides is 1. The van der Waals surface area contributed by atoms with Gasteiger partial charge in [0, 0.05) is 16.1 Å². The van der Waals surface area contributed by atoms with Crippen molar-refractivity contribution in [3.63, 3.8) is 0 Å². The van der Waals surface area contributed by atoms with Gasteiger partial charge in [-0.05, 0) is 55.3 Å². The monoisotopic (exact) mass is 307 g/mol. The SMILES string of the molecule is Cc1ccc(C)c(NC(=O)c2ccc(SC(F)F)cc2)c1. The summed E-state index contributed by atoms with van der Waals surface area (Å²) in [5.74, 6) is -2.71. The van der Waals surface area contributed by atoms with E-state index in [0.717, 1.165) is 16.8 Å². The minimum atomic E-state index is -2.46. The Balaban J connectivity index is 2.11. The maximum atomic E-state index is 12.2. The number of carbonyl (C=O) groups excluding carboxylic acids is 1. The Morgan fingerprint density at radius 1 is 1.10 bits per heavy atom. The lowest BCUT2D eigenvalue weighted by molar-refractivity contribution is 0.102. The topological polar surface area (TPSA) is 29.1 Å². The number of nitrogens with one attached hydrogen (secondary N) is 1. The third-order valence-corrected chi connectivity index (χ3v) is 3.71. The van der Waals surface area contributed by atoms with Gasteiger partial charge in [-0.3, -0.25) is 4.79 Å². The molecule has 0 heterocycles. The van der Waals surface area contributed by atoms with Gasteiger partial charge in [0.15, 0.2) is 0 Å². The maximum absolute atomic E-state index is 12.2. The highest BCUT2D eigenvalue weighted by Crippen LogP contribution is 2.25. The van der Waals surface area contributed by atoms with E-state index in [0.29, 0.717) is 22.2 Å². The summed E-state index contributed by atoms with van der Waals surface area (Å²) in [7, 11) is 0. The van der Waals surface area contributed by atoms with E-state index in [1.807, 2.05) is 32.0 Å². The molecule has 0 aliphatic carbocycles. The lowest BCUT2D eigenvalue weighted by atomic mass is 10.1. The van der Waals surface area contributed by atoms with Gasteiger partial charge in [0.25, 0.3) is 11.7 Å². The highest BCUT2D eigenvalue weighted by Gasteiger charge is 2.09. The molecule has 5 heteroatoms. The lowest BCUT2D eigenvalue weighted by Gasteiger charge is -2.09. The fourth-order valence-electron chi connectivity index (χ4n) is 1.85. The van der Waals surface area contributed by atoms with Crippen molar-refractivity contribution in [1.29, 1.82) is 0 Å². The molecule has 0 bridgehead atoms. The van der Waals surface area contributed by atoms with Gasteiger partial charge in [0.2, 0.25) is 0 Å². The van der Waals surface area contributed by atoms with E-state index in [1.165, 1.54) is 12.1 Å². The summed E-state index contributed by atoms with van der Waals surface area (Å²) in [4.78, 5) is 12.6. The molecule has 0 aromatic heterocycles. The number of halogens is 2. The first-order chi connectivity index (χ1) is 9.95. The molecule has 0 aliphatic rings. The van der Waals surface area contributed by atoms with Crippen LogP contribution in [0.5, 0.6) is 0 Å². The molecule has 0 spiro atoms. The molecular formula is C16H15F2NOS. The average Bonchev–Trinajstić information content (AvgIpc) is 2.43. The van der Waals surface area contributed by atoms with Crippen LogP contribution in [0, 0.1) is 13.8 Å². The van der Waals surface area contributed by atoms with E-state index >= 15 is 0 Å². The number of aryl methyl sites for hydroxylation is 2. The van der Waals surface area contributed by atoms with E-state index in [-0.39, 0.29) is 5.91 Å². The van der Waals surface area contributed by atoms with E-state index in [9.17, 15) is 13.6 Å². The van der Waals surface area contributed by atoms with E-state index in [1.54, 1.807) is 12.1 Å². The van der Waals surface area contributed by atoms with Gasteiger partial charge >= 0.3 is 0 Å². The number of thioether (sulfide) groups is 1. The molecule has 0 radical (unpaired) electrons. The van der Waals surface area contributed by atoms with Crippen LogP contribution in [0.2, 0.25) is 0 Å². The molecular weight excluding hydrogens is 292 g/mol. The standard InChI is InChI=1S/C16H15F2NOS/c1-10-3-4-11(2)14(9-10)19-15(20)12-5-7-13(8-6-12)21-16(17)18/h3-9,16H,1-2H3,(H,19,20). The van der Waals surface area contributed by atoms with Gasteiger partial charge in [-0.15, -0.1) is 0 Å². The molecule has 0 unspecified atom stereocenters. The number of hydrogen-bond acceptors (Lipinski definition) is 2. The zero-order valence-corrected chi connectivity index (χ0v) is 12.5. The molecule has 0 fully saturated rings. The normalized spacial score (nSPS) is 10.7. The zero-order chi connectivity index (χ0) is 15.4. The van der Waals surface area contributed by atoms with Crippen LogP contribution in [-0.2, 0) is 0 Å². The number of alkyl halides is 2. The fourth-order valence-corrected chi connectivity index (χ4v) is 2.35. The Kier molecular flexibility index (Phi) is 4.96. The number of anilines is 1. The lowest BCUT2D eigenvalue weighted by Crippen LogP contribution is -2.12. The number of carbonyl (C=O) groups is 1. The Hall–Kier alpha value is -1.88. The molecule has 2 rings (SSSR count). The number of benzene rings is 2. The summed E-state index contributed by atoms with van der Waals surface area (Å²) in [5, 5.41) is 2.83. The van der Waals surface area contributed by atoms with Crippen LogP contribution in [0.25, 0.3) is 0 Å². The third kappa shape index (κ3) is 4.29. The quantitative estimate of drug-likeness (QED) is 0.816. The van der Waals surface area contributed by atoms with Crippen LogP contribution in [0.4, 0.5) is 14.5 Å². The van der Waals surface area contributed by atoms with Gasteiger partial charge in [0.1, 0.15) is 0 Å². The second-order valence-electron chi connectivity index (χ2n) is 4.68. The Morgan fingerprint density at radius 3 is 2.38 bits per heavy atom. The average molecular weight is 307 g/mol. The maximum Gasteiger partial charge on any atom is 0.288 e. The highest BCUT2D eigenvalue weighted by molar-refractivity contribution is 7.99. The third-order valence-electron chi connectivity index (χ3n) is 2.98. The number of hydrogen-bond donors (Lipinski definition) is 1. The smallest absolute Gasteiger partial charge is 0.288 e. The zero-order valence-electron chi connectivity index (χ0n) is 11.7. The first kappa shape index (κ1) is 15.5. The molecule has 2 aromatic rings. The molecule has 21 heavy (non-hydrogen) atoms. The molecule has 0 saturated carbocycles. The van der Waals surface area contributed by atoms with E-state index < -0.39 is 5.76 Å². The summed E-state index contributed by atoms with van der Waals surface area (Å²) in [6.45, 7) is 3.86. The molecule has 110 valence electrons. The predicted molar refractivity (Wildman–Crippen MR) is 82.2 cm³/mol. The van der Waals surface area contributed by atoms with Crippen LogP contribution in [0.1, 0.15) is 21.5 Å². The highest BCUT2D eigenvalue weighted by atomic mass is 32.2. The fraction of sp³-hybridized carbons (Fsp3) is 0.188. The van der Waals surface area contributed by atoms with Crippen molar-refractivity contribution in [2.24, 2.45) is 0 Å². The second-order valence-corrected chi connectivity index (χ2v) is 5.74. The Bertz CT molecular complexity index is 641. The van der Waals surface area contributed by atoms with E-state index in [4.69, 9.17) is 0 Å². The first-order valence-electron chi connectivity index (χ1n) is 6.39. The van der Waals surface area contributed by atoms with Crippen LogP contribution in [0.15, 0.2) is 47.4 Å². The summed E-state index contributed by atoms with van der Waals surface area (Å²) >= 11 is 0.462. The van der Waals surface area contributed by atoms with Gasteiger partial charge in [0.05, 0.1) is 0 Å². The van der Waals surface area contributed by atoms with Crippen LogP contribution < -0.4 is 5.32 Å². The van der Waals surface area contributed by atoms with Crippen LogP contribution in [0.3, 0.4) is 0 Å². The molecule has 0 atom stereocenters. The van der Waals surface area contributed by atoms with Gasteiger partial charge < -0.3 is 5.32 Å². The Labute approximate surface area is 126 Å². The van der Waals surface area contributed by atoms with Crippen molar-refractivity contribution in [3.8, 4) is 0 Å². The predicted octanol–water partition coefficient (Wildman–Crippen LogP) is 4.87. The minimum Gasteiger partial charge on any atom is -0.322 e. The molecule has 1 N–H and O–H groups in total. The molecule has 0 saturated heterocycles. The molecule has 2 nitrogen and oxygen atoms in total. The summed E-state index contributed by atoms with van der Waals surface area (Å²) in [6, 6.07) is 11.9. The minimum absolute atomic E-state index is 0.253. The van der Waals surface area contributed by atoms with Crippen LogP contribution in [-0.4, -0.2) is 11.7 Å². The largest absolute Gasteiger partial charge is 0.322 e. The summed E-state index contributed by atoms with van der Waals surface area (Å²) in [6.07, 6.45) is 0. The van der Waals surface area contributed by atoms with Gasteiger partial charge in [-0.25, -0.2) is 0 Å². The molecule has 1 amide bonds. The number of rotatable bonds is 4. The van der Waals surface area contributed by atoms with Crippen molar-refractivity contribution < 1.29 is 13.6 Å². The van der Waals surface area contributed by atoms with Gasteiger partial charge in [-0.2, -0.15) is 8.78 Å². The van der Waals surface area contributed by atoms with Crippen molar-refractivity contribution in [1.82, 2.24) is 0 Å². The molecule has 0 aliphatic heterocycles. The Morgan fingerprint density at radius 2 is 1.76 bits per heavy atom. The van der Waals surface area contributed by atoms with Crippen molar-refractivity contribution in [2.45, 2.75) is 24.5 Å². The van der Waals surface area contributed by atoms with E-state index in [2.05, 4.69) is 5.32 Å². The van der Waals surface area contributed by atoms with Crippen LogP contribution >= 0.6 is 11.8 Å². The van der Waals surface area contributed by atoms with Crippen molar-refractivity contribution >= 4 is 23.4 Å². The summed E-state index contributed by atoms with van der Waals surface area (Å²) < 4.78 is 24.5. The molecule has 2 aromatic carbocycles. The van der Waals surface area contributed by atoms with Crippen molar-refractivity contribution in [2.75, 3.05) is 5.32 Å². The van der Waals surface area contributed by atoms with Gasteiger partial charge in [-0.1, -0.05) is 23.9 Å². The summed E-state index contributed by atoms with van der Waals surface area (Å²) in [5.41, 5.74) is 3.22. The second kappa shape index (κ2) is 6.72.